The molecule has 1 unspecified atom stereocenters. The van der Waals surface area contributed by atoms with Gasteiger partial charge in [0.25, 0.3) is 5.91 Å². The Morgan fingerprint density at radius 3 is 2.56 bits per heavy atom. The molecule has 0 radical (unpaired) electrons. The number of hydrogen-bond donors (Lipinski definition) is 1. The molecule has 2 amide bonds. The second kappa shape index (κ2) is 8.19. The summed E-state index contributed by atoms with van der Waals surface area (Å²) in [4.78, 5) is 27.4. The zero-order chi connectivity index (χ0) is 19.6. The number of carbonyl (C=O) groups is 2. The number of halogens is 2. The second-order valence-corrected chi connectivity index (χ2v) is 7.32. The highest BCUT2D eigenvalue weighted by atomic mass is 35.5. The van der Waals surface area contributed by atoms with Crippen molar-refractivity contribution in [1.29, 1.82) is 0 Å². The molecule has 0 aromatic heterocycles. The minimum Gasteiger partial charge on any atom is -0.496 e. The third kappa shape index (κ3) is 4.20. The van der Waals surface area contributed by atoms with E-state index >= 15 is 0 Å². The van der Waals surface area contributed by atoms with Crippen LogP contribution in [0.25, 0.3) is 0 Å². The van der Waals surface area contributed by atoms with E-state index in [-0.39, 0.29) is 11.8 Å². The highest BCUT2D eigenvalue weighted by Gasteiger charge is 2.35. The van der Waals surface area contributed by atoms with E-state index in [1.54, 1.807) is 41.3 Å². The van der Waals surface area contributed by atoms with Gasteiger partial charge in [-0.2, -0.15) is 0 Å². The standard InChI is InChI=1S/C20H20Cl2N2O3/c1-12-10-13(21)5-7-16(12)23-19(25)17-4-3-9-24(17)20(26)15-11-14(22)6-8-18(15)27-2/h5-8,10-11,17H,3-4,9H2,1-2H3,(H,23,25). The van der Waals surface area contributed by atoms with E-state index < -0.39 is 6.04 Å². The van der Waals surface area contributed by atoms with Crippen LogP contribution in [0.5, 0.6) is 5.75 Å². The summed E-state index contributed by atoms with van der Waals surface area (Å²) in [6.45, 7) is 2.38. The van der Waals surface area contributed by atoms with Crippen LogP contribution in [-0.4, -0.2) is 36.4 Å². The van der Waals surface area contributed by atoms with E-state index in [1.165, 1.54) is 7.11 Å². The van der Waals surface area contributed by atoms with Gasteiger partial charge in [-0.1, -0.05) is 23.2 Å². The minimum absolute atomic E-state index is 0.215. The number of methoxy groups -OCH3 is 1. The lowest BCUT2D eigenvalue weighted by Crippen LogP contribution is -2.43. The van der Waals surface area contributed by atoms with Crippen molar-refractivity contribution in [2.45, 2.75) is 25.8 Å². The smallest absolute Gasteiger partial charge is 0.258 e. The number of ether oxygens (including phenoxy) is 1. The van der Waals surface area contributed by atoms with Crippen molar-refractivity contribution in [2.24, 2.45) is 0 Å². The van der Waals surface area contributed by atoms with Gasteiger partial charge in [0.15, 0.2) is 0 Å². The molecule has 1 heterocycles. The molecule has 1 fully saturated rings. The quantitative estimate of drug-likeness (QED) is 0.809. The predicted octanol–water partition coefficient (Wildman–Crippen LogP) is 4.55. The molecule has 0 spiro atoms. The summed E-state index contributed by atoms with van der Waals surface area (Å²) in [5.74, 6) is -0.0453. The van der Waals surface area contributed by atoms with Crippen LogP contribution in [0.1, 0.15) is 28.8 Å². The molecule has 0 aliphatic carbocycles. The predicted molar refractivity (Wildman–Crippen MR) is 107 cm³/mol. The monoisotopic (exact) mass is 406 g/mol. The summed E-state index contributed by atoms with van der Waals surface area (Å²) in [5, 5.41) is 3.96. The maximum absolute atomic E-state index is 13.0. The maximum atomic E-state index is 13.0. The van der Waals surface area contributed by atoms with Crippen LogP contribution in [0.2, 0.25) is 10.0 Å². The van der Waals surface area contributed by atoms with E-state index in [0.29, 0.717) is 40.0 Å². The van der Waals surface area contributed by atoms with Gasteiger partial charge in [0, 0.05) is 22.3 Å². The Balaban J connectivity index is 1.81. The zero-order valence-electron chi connectivity index (χ0n) is 15.1. The molecule has 1 N–H and O–H groups in total. The van der Waals surface area contributed by atoms with Crippen molar-refractivity contribution in [3.05, 3.63) is 57.6 Å². The van der Waals surface area contributed by atoms with E-state index in [4.69, 9.17) is 27.9 Å². The van der Waals surface area contributed by atoms with Crippen LogP contribution in [0.15, 0.2) is 36.4 Å². The Bertz CT molecular complexity index is 886. The molecule has 1 aliphatic heterocycles. The van der Waals surface area contributed by atoms with Crippen molar-refractivity contribution < 1.29 is 14.3 Å². The van der Waals surface area contributed by atoms with Crippen LogP contribution in [-0.2, 0) is 4.79 Å². The van der Waals surface area contributed by atoms with E-state index in [2.05, 4.69) is 5.32 Å². The average Bonchev–Trinajstić information content (AvgIpc) is 3.13. The topological polar surface area (TPSA) is 58.6 Å². The van der Waals surface area contributed by atoms with Crippen molar-refractivity contribution in [3.8, 4) is 5.75 Å². The van der Waals surface area contributed by atoms with Crippen molar-refractivity contribution in [2.75, 3.05) is 19.0 Å². The molecule has 142 valence electrons. The number of likely N-dealkylation sites (tertiary alicyclic amines) is 1. The molecule has 2 aromatic rings. The van der Waals surface area contributed by atoms with Gasteiger partial charge in [-0.25, -0.2) is 0 Å². The molecule has 1 aliphatic rings. The van der Waals surface area contributed by atoms with E-state index in [0.717, 1.165) is 12.0 Å². The van der Waals surface area contributed by atoms with Gasteiger partial charge >= 0.3 is 0 Å². The third-order valence-corrected chi connectivity index (χ3v) is 5.12. The lowest BCUT2D eigenvalue weighted by molar-refractivity contribution is -0.119. The second-order valence-electron chi connectivity index (χ2n) is 6.45. The zero-order valence-corrected chi connectivity index (χ0v) is 16.6. The van der Waals surface area contributed by atoms with Crippen molar-refractivity contribution >= 4 is 40.7 Å². The Labute approximate surface area is 168 Å². The van der Waals surface area contributed by atoms with Gasteiger partial charge in [-0.05, 0) is 61.7 Å². The average molecular weight is 407 g/mol. The van der Waals surface area contributed by atoms with Gasteiger partial charge in [0.2, 0.25) is 5.91 Å². The number of amides is 2. The summed E-state index contributed by atoms with van der Waals surface area (Å²) in [5.41, 5.74) is 1.90. The summed E-state index contributed by atoms with van der Waals surface area (Å²) in [6.07, 6.45) is 1.36. The maximum Gasteiger partial charge on any atom is 0.258 e. The first-order chi connectivity index (χ1) is 12.9. The Hall–Kier alpha value is -2.24. The summed E-state index contributed by atoms with van der Waals surface area (Å²) in [7, 11) is 1.50. The largest absolute Gasteiger partial charge is 0.496 e. The molecule has 3 rings (SSSR count). The Kier molecular flexibility index (Phi) is 5.92. The molecular formula is C20H20Cl2N2O3. The fraction of sp³-hybridized carbons (Fsp3) is 0.300. The normalized spacial score (nSPS) is 16.3. The number of anilines is 1. The summed E-state index contributed by atoms with van der Waals surface area (Å²) < 4.78 is 5.28. The molecule has 1 saturated heterocycles. The van der Waals surface area contributed by atoms with Gasteiger partial charge in [-0.15, -0.1) is 0 Å². The van der Waals surface area contributed by atoms with Crippen LogP contribution in [0, 0.1) is 6.92 Å². The molecular weight excluding hydrogens is 387 g/mol. The fourth-order valence-corrected chi connectivity index (χ4v) is 3.67. The minimum atomic E-state index is -0.545. The Morgan fingerprint density at radius 1 is 1.15 bits per heavy atom. The SMILES string of the molecule is COc1ccc(Cl)cc1C(=O)N1CCCC1C(=O)Nc1ccc(Cl)cc1C. The lowest BCUT2D eigenvalue weighted by atomic mass is 10.1. The molecule has 0 bridgehead atoms. The van der Waals surface area contributed by atoms with Crippen LogP contribution in [0.3, 0.4) is 0 Å². The highest BCUT2D eigenvalue weighted by Crippen LogP contribution is 2.28. The number of nitrogens with zero attached hydrogens (tertiary/aromatic N) is 1. The van der Waals surface area contributed by atoms with Gasteiger partial charge in [0.1, 0.15) is 11.8 Å². The Morgan fingerprint density at radius 2 is 1.85 bits per heavy atom. The molecule has 7 heteroatoms. The first kappa shape index (κ1) is 19.5. The first-order valence-corrected chi connectivity index (χ1v) is 9.38. The number of aryl methyl sites for hydroxylation is 1. The van der Waals surface area contributed by atoms with Crippen LogP contribution < -0.4 is 10.1 Å². The van der Waals surface area contributed by atoms with E-state index in [9.17, 15) is 9.59 Å². The molecule has 27 heavy (non-hydrogen) atoms. The number of carbonyl (C=O) groups excluding carboxylic acids is 2. The number of hydrogen-bond acceptors (Lipinski definition) is 3. The number of nitrogens with one attached hydrogen (secondary N) is 1. The molecule has 2 aromatic carbocycles. The van der Waals surface area contributed by atoms with Crippen molar-refractivity contribution in [3.63, 3.8) is 0 Å². The van der Waals surface area contributed by atoms with E-state index in [1.807, 2.05) is 6.92 Å². The number of rotatable bonds is 4. The van der Waals surface area contributed by atoms with Gasteiger partial charge in [-0.3, -0.25) is 9.59 Å². The lowest BCUT2D eigenvalue weighted by Gasteiger charge is -2.25. The fourth-order valence-electron chi connectivity index (χ4n) is 3.27. The van der Waals surface area contributed by atoms with Crippen LogP contribution >= 0.6 is 23.2 Å². The van der Waals surface area contributed by atoms with Gasteiger partial charge in [0.05, 0.1) is 12.7 Å². The molecule has 5 nitrogen and oxygen atoms in total. The third-order valence-electron chi connectivity index (χ3n) is 4.65. The van der Waals surface area contributed by atoms with Gasteiger partial charge < -0.3 is 15.0 Å². The first-order valence-electron chi connectivity index (χ1n) is 8.62. The summed E-state index contributed by atoms with van der Waals surface area (Å²) in [6, 6.07) is 9.60. The highest BCUT2D eigenvalue weighted by molar-refractivity contribution is 6.31. The van der Waals surface area contributed by atoms with Crippen molar-refractivity contribution in [1.82, 2.24) is 4.90 Å². The molecule has 1 atom stereocenters. The summed E-state index contributed by atoms with van der Waals surface area (Å²) >= 11 is 12.0. The molecule has 0 saturated carbocycles. The van der Waals surface area contributed by atoms with Crippen LogP contribution in [0.4, 0.5) is 5.69 Å². The number of benzene rings is 2.